The quantitative estimate of drug-likeness (QED) is 0.673. The monoisotopic (exact) mass is 370 g/mol. The lowest BCUT2D eigenvalue weighted by molar-refractivity contribution is -0.118. The van der Waals surface area contributed by atoms with Crippen LogP contribution in [0.1, 0.15) is 36.1 Å². The lowest BCUT2D eigenvalue weighted by Gasteiger charge is -2.18. The summed E-state index contributed by atoms with van der Waals surface area (Å²) in [6, 6.07) is 17.0. The van der Waals surface area contributed by atoms with Crippen LogP contribution in [-0.4, -0.2) is 29.6 Å². The van der Waals surface area contributed by atoms with Gasteiger partial charge in [0, 0.05) is 18.8 Å². The Kier molecular flexibility index (Phi) is 8.72. The predicted octanol–water partition coefficient (Wildman–Crippen LogP) is 4.39. The fourth-order valence-corrected chi connectivity index (χ4v) is 3.59. The van der Waals surface area contributed by atoms with Gasteiger partial charge in [-0.05, 0) is 36.7 Å². The first kappa shape index (κ1) is 20.5. The van der Waals surface area contributed by atoms with E-state index in [0.717, 1.165) is 31.0 Å². The molecule has 0 saturated heterocycles. The molecule has 2 aromatic carbocycles. The Morgan fingerprint density at radius 1 is 1.00 bits per heavy atom. The van der Waals surface area contributed by atoms with E-state index in [-0.39, 0.29) is 5.91 Å². The molecular weight excluding hydrogens is 340 g/mol. The van der Waals surface area contributed by atoms with Gasteiger partial charge >= 0.3 is 0 Å². The van der Waals surface area contributed by atoms with Crippen LogP contribution in [0.15, 0.2) is 48.5 Å². The third-order valence-corrected chi connectivity index (χ3v) is 5.40. The topological polar surface area (TPSA) is 32.3 Å². The first-order valence-electron chi connectivity index (χ1n) is 9.30. The summed E-state index contributed by atoms with van der Waals surface area (Å²) in [4.78, 5) is 14.4. The lowest BCUT2D eigenvalue weighted by Crippen LogP contribution is -2.24. The number of nitrogens with zero attached hydrogens (tertiary/aromatic N) is 1. The SMILES string of the molecule is CCN(CC)Cc1ccc(CNC(=O)CSCc2cccc(C)c2)cc1. The van der Waals surface area contributed by atoms with Crippen molar-refractivity contribution >= 4 is 17.7 Å². The summed E-state index contributed by atoms with van der Waals surface area (Å²) in [5, 5.41) is 3.01. The molecule has 1 N–H and O–H groups in total. The van der Waals surface area contributed by atoms with Crippen LogP contribution in [0, 0.1) is 6.92 Å². The average molecular weight is 371 g/mol. The van der Waals surface area contributed by atoms with Crippen molar-refractivity contribution in [2.75, 3.05) is 18.8 Å². The van der Waals surface area contributed by atoms with Crippen LogP contribution in [0.3, 0.4) is 0 Å². The van der Waals surface area contributed by atoms with Crippen LogP contribution < -0.4 is 5.32 Å². The highest BCUT2D eigenvalue weighted by atomic mass is 32.2. The minimum absolute atomic E-state index is 0.0925. The molecule has 2 rings (SSSR count). The molecule has 0 aliphatic rings. The Hall–Kier alpha value is -1.78. The number of amides is 1. The first-order chi connectivity index (χ1) is 12.6. The van der Waals surface area contributed by atoms with Crippen LogP contribution in [0.25, 0.3) is 0 Å². The Bertz CT molecular complexity index is 681. The van der Waals surface area contributed by atoms with Crippen molar-refractivity contribution < 1.29 is 4.79 Å². The van der Waals surface area contributed by atoms with Gasteiger partial charge in [0.05, 0.1) is 5.75 Å². The fraction of sp³-hybridized carbons (Fsp3) is 0.409. The van der Waals surface area contributed by atoms with E-state index in [2.05, 4.69) is 79.5 Å². The molecule has 0 fully saturated rings. The highest BCUT2D eigenvalue weighted by molar-refractivity contribution is 7.99. The molecule has 140 valence electrons. The summed E-state index contributed by atoms with van der Waals surface area (Å²) in [7, 11) is 0. The maximum absolute atomic E-state index is 12.0. The van der Waals surface area contributed by atoms with Crippen molar-refractivity contribution in [2.24, 2.45) is 0 Å². The largest absolute Gasteiger partial charge is 0.351 e. The highest BCUT2D eigenvalue weighted by Gasteiger charge is 2.04. The van der Waals surface area contributed by atoms with Crippen LogP contribution in [0.2, 0.25) is 0 Å². The van der Waals surface area contributed by atoms with Crippen LogP contribution in [0.5, 0.6) is 0 Å². The molecule has 0 saturated carbocycles. The second kappa shape index (κ2) is 11.0. The summed E-state index contributed by atoms with van der Waals surface area (Å²) in [6.07, 6.45) is 0. The number of aryl methyl sites for hydroxylation is 1. The van der Waals surface area contributed by atoms with E-state index in [4.69, 9.17) is 0 Å². The van der Waals surface area contributed by atoms with E-state index in [9.17, 15) is 4.79 Å². The summed E-state index contributed by atoms with van der Waals surface area (Å²) in [5.74, 6) is 1.46. The Balaban J connectivity index is 1.70. The molecule has 3 nitrogen and oxygen atoms in total. The van der Waals surface area contributed by atoms with Gasteiger partial charge in [0.2, 0.25) is 5.91 Å². The van der Waals surface area contributed by atoms with Crippen molar-refractivity contribution in [1.29, 1.82) is 0 Å². The molecular formula is C22H30N2OS. The zero-order valence-electron chi connectivity index (χ0n) is 16.1. The van der Waals surface area contributed by atoms with E-state index in [0.29, 0.717) is 12.3 Å². The van der Waals surface area contributed by atoms with Crippen LogP contribution in [-0.2, 0) is 23.6 Å². The number of hydrogen-bond donors (Lipinski definition) is 1. The van der Waals surface area contributed by atoms with Gasteiger partial charge in [-0.1, -0.05) is 67.9 Å². The van der Waals surface area contributed by atoms with Gasteiger partial charge in [0.15, 0.2) is 0 Å². The number of thioether (sulfide) groups is 1. The van der Waals surface area contributed by atoms with Crippen molar-refractivity contribution in [3.05, 3.63) is 70.8 Å². The Labute approximate surface area is 162 Å². The summed E-state index contributed by atoms with van der Waals surface area (Å²) in [5.41, 5.74) is 4.99. The number of carbonyl (C=O) groups excluding carboxylic acids is 1. The number of carbonyl (C=O) groups is 1. The minimum Gasteiger partial charge on any atom is -0.351 e. The lowest BCUT2D eigenvalue weighted by atomic mass is 10.1. The maximum Gasteiger partial charge on any atom is 0.230 e. The average Bonchev–Trinajstić information content (AvgIpc) is 2.65. The van der Waals surface area contributed by atoms with Gasteiger partial charge in [-0.3, -0.25) is 9.69 Å². The molecule has 0 aliphatic heterocycles. The molecule has 0 aromatic heterocycles. The van der Waals surface area contributed by atoms with Crippen molar-refractivity contribution in [1.82, 2.24) is 10.2 Å². The Morgan fingerprint density at radius 3 is 2.35 bits per heavy atom. The molecule has 0 radical (unpaired) electrons. The third kappa shape index (κ3) is 7.22. The smallest absolute Gasteiger partial charge is 0.230 e. The van der Waals surface area contributed by atoms with Gasteiger partial charge in [0.25, 0.3) is 0 Å². The molecule has 0 atom stereocenters. The van der Waals surface area contributed by atoms with Crippen molar-refractivity contribution in [3.8, 4) is 0 Å². The van der Waals surface area contributed by atoms with Crippen molar-refractivity contribution in [3.63, 3.8) is 0 Å². The summed E-state index contributed by atoms with van der Waals surface area (Å²) < 4.78 is 0. The van der Waals surface area contributed by atoms with E-state index < -0.39 is 0 Å². The second-order valence-corrected chi connectivity index (χ2v) is 7.52. The zero-order chi connectivity index (χ0) is 18.8. The number of rotatable bonds is 10. The number of nitrogens with one attached hydrogen (secondary N) is 1. The molecule has 1 amide bonds. The van der Waals surface area contributed by atoms with Gasteiger partial charge in [-0.25, -0.2) is 0 Å². The summed E-state index contributed by atoms with van der Waals surface area (Å²) in [6.45, 7) is 10.2. The molecule has 2 aromatic rings. The third-order valence-electron chi connectivity index (χ3n) is 4.40. The van der Waals surface area contributed by atoms with E-state index in [1.54, 1.807) is 11.8 Å². The van der Waals surface area contributed by atoms with Crippen molar-refractivity contribution in [2.45, 2.75) is 39.6 Å². The van der Waals surface area contributed by atoms with E-state index >= 15 is 0 Å². The van der Waals surface area contributed by atoms with Gasteiger partial charge in [0.1, 0.15) is 0 Å². The zero-order valence-corrected chi connectivity index (χ0v) is 16.9. The highest BCUT2D eigenvalue weighted by Crippen LogP contribution is 2.13. The van der Waals surface area contributed by atoms with Gasteiger partial charge in [-0.15, -0.1) is 11.8 Å². The van der Waals surface area contributed by atoms with E-state index in [1.165, 1.54) is 16.7 Å². The Morgan fingerprint density at radius 2 is 1.69 bits per heavy atom. The number of hydrogen-bond acceptors (Lipinski definition) is 3. The molecule has 0 unspecified atom stereocenters. The van der Waals surface area contributed by atoms with Crippen LogP contribution >= 0.6 is 11.8 Å². The minimum atomic E-state index is 0.0925. The standard InChI is InChI=1S/C22H30N2OS/c1-4-24(5-2)15-20-11-9-19(10-12-20)14-23-22(25)17-26-16-21-8-6-7-18(3)13-21/h6-13H,4-5,14-17H2,1-3H3,(H,23,25). The van der Waals surface area contributed by atoms with Gasteiger partial charge in [-0.2, -0.15) is 0 Å². The molecule has 0 heterocycles. The molecule has 0 aliphatic carbocycles. The maximum atomic E-state index is 12.0. The molecule has 0 spiro atoms. The second-order valence-electron chi connectivity index (χ2n) is 6.54. The molecule has 0 bridgehead atoms. The normalized spacial score (nSPS) is 10.9. The number of benzene rings is 2. The van der Waals surface area contributed by atoms with E-state index in [1.807, 2.05) is 0 Å². The predicted molar refractivity (Wildman–Crippen MR) is 112 cm³/mol. The van der Waals surface area contributed by atoms with Gasteiger partial charge < -0.3 is 5.32 Å². The molecule has 4 heteroatoms. The molecule has 26 heavy (non-hydrogen) atoms. The van der Waals surface area contributed by atoms with Crippen LogP contribution in [0.4, 0.5) is 0 Å². The fourth-order valence-electron chi connectivity index (χ4n) is 2.78. The first-order valence-corrected chi connectivity index (χ1v) is 10.5. The summed E-state index contributed by atoms with van der Waals surface area (Å²) >= 11 is 1.65.